The first-order chi connectivity index (χ1) is 13.4. The minimum atomic E-state index is -0.741. The van der Waals surface area contributed by atoms with Gasteiger partial charge in [-0.25, -0.2) is 4.79 Å². The Kier molecular flexibility index (Phi) is 5.76. The average Bonchev–Trinajstić information content (AvgIpc) is 3.25. The van der Waals surface area contributed by atoms with Crippen molar-refractivity contribution >= 4 is 17.8 Å². The summed E-state index contributed by atoms with van der Waals surface area (Å²) >= 11 is 0. The van der Waals surface area contributed by atoms with Gasteiger partial charge in [0.1, 0.15) is 17.0 Å². The molecule has 3 rings (SSSR count). The lowest BCUT2D eigenvalue weighted by Gasteiger charge is -2.20. The number of nitrogens with one attached hydrogen (secondary N) is 2. The lowest BCUT2D eigenvalue weighted by Crippen LogP contribution is -2.44. The number of imide groups is 1. The second-order valence-corrected chi connectivity index (χ2v) is 7.32. The molecule has 2 N–H and O–H groups in total. The Morgan fingerprint density at radius 3 is 2.61 bits per heavy atom. The molecule has 28 heavy (non-hydrogen) atoms. The fourth-order valence-electron chi connectivity index (χ4n) is 3.98. The summed E-state index contributed by atoms with van der Waals surface area (Å²) in [5.41, 5.74) is 0.0459. The first-order valence-corrected chi connectivity index (χ1v) is 9.55. The van der Waals surface area contributed by atoms with Crippen molar-refractivity contribution in [1.29, 1.82) is 0 Å². The number of carbonyl (C=O) groups is 3. The normalized spacial score (nSPS) is 18.9. The van der Waals surface area contributed by atoms with E-state index in [1.165, 1.54) is 4.90 Å². The summed E-state index contributed by atoms with van der Waals surface area (Å²) in [6.07, 6.45) is 3.26. The molecule has 1 spiro atoms. The van der Waals surface area contributed by atoms with Gasteiger partial charge in [0, 0.05) is 18.5 Å². The zero-order valence-corrected chi connectivity index (χ0v) is 16.5. The van der Waals surface area contributed by atoms with Gasteiger partial charge in [-0.3, -0.25) is 14.5 Å². The van der Waals surface area contributed by atoms with E-state index in [-0.39, 0.29) is 30.8 Å². The quantitative estimate of drug-likeness (QED) is 0.697. The van der Waals surface area contributed by atoms with Gasteiger partial charge in [-0.05, 0) is 38.0 Å². The van der Waals surface area contributed by atoms with Crippen molar-refractivity contribution in [2.24, 2.45) is 0 Å². The lowest BCUT2D eigenvalue weighted by atomic mass is 9.98. The average molecular weight is 389 g/mol. The van der Waals surface area contributed by atoms with Crippen LogP contribution in [0.15, 0.2) is 18.2 Å². The van der Waals surface area contributed by atoms with Crippen LogP contribution in [-0.4, -0.2) is 49.0 Å². The second-order valence-electron chi connectivity index (χ2n) is 7.32. The van der Waals surface area contributed by atoms with Crippen molar-refractivity contribution in [1.82, 2.24) is 15.5 Å². The summed E-state index contributed by atoms with van der Waals surface area (Å²) in [4.78, 5) is 38.4. The number of hydrogen-bond acceptors (Lipinski definition) is 5. The van der Waals surface area contributed by atoms with Crippen LogP contribution in [0, 0.1) is 0 Å². The Bertz CT molecular complexity index is 773. The number of rotatable bonds is 7. The van der Waals surface area contributed by atoms with Crippen LogP contribution in [0.25, 0.3) is 0 Å². The molecular weight excluding hydrogens is 362 g/mol. The highest BCUT2D eigenvalue weighted by molar-refractivity contribution is 6.07. The molecule has 2 fully saturated rings. The predicted molar refractivity (Wildman–Crippen MR) is 102 cm³/mol. The molecule has 1 aliphatic carbocycles. The fourth-order valence-corrected chi connectivity index (χ4v) is 3.98. The summed E-state index contributed by atoms with van der Waals surface area (Å²) in [7, 11) is 3.14. The van der Waals surface area contributed by atoms with Gasteiger partial charge in [0.05, 0.1) is 20.3 Å². The molecule has 2 aliphatic rings. The maximum Gasteiger partial charge on any atom is 0.325 e. The van der Waals surface area contributed by atoms with E-state index in [0.717, 1.165) is 18.4 Å². The van der Waals surface area contributed by atoms with Crippen molar-refractivity contribution in [2.75, 3.05) is 20.8 Å². The number of methoxy groups -OCH3 is 2. The molecule has 1 atom stereocenters. The van der Waals surface area contributed by atoms with Crippen molar-refractivity contribution in [3.63, 3.8) is 0 Å². The highest BCUT2D eigenvalue weighted by atomic mass is 16.5. The molecule has 8 heteroatoms. The molecule has 1 saturated carbocycles. The van der Waals surface area contributed by atoms with Gasteiger partial charge < -0.3 is 20.1 Å². The van der Waals surface area contributed by atoms with Gasteiger partial charge in [0.2, 0.25) is 5.91 Å². The van der Waals surface area contributed by atoms with E-state index in [9.17, 15) is 14.4 Å². The molecule has 4 amide bonds. The summed E-state index contributed by atoms with van der Waals surface area (Å²) in [5, 5.41) is 5.72. The van der Waals surface area contributed by atoms with Crippen LogP contribution < -0.4 is 20.1 Å². The minimum absolute atomic E-state index is 0.0475. The molecule has 1 aromatic carbocycles. The molecule has 152 valence electrons. The summed E-state index contributed by atoms with van der Waals surface area (Å²) in [6.45, 7) is 1.91. The van der Waals surface area contributed by atoms with Crippen LogP contribution in [0.3, 0.4) is 0 Å². The Balaban J connectivity index is 1.59. The fraction of sp³-hybridized carbons (Fsp3) is 0.550. The van der Waals surface area contributed by atoms with Gasteiger partial charge >= 0.3 is 6.03 Å². The molecular formula is C20H27N3O5. The number of benzene rings is 1. The Morgan fingerprint density at radius 2 is 1.96 bits per heavy atom. The van der Waals surface area contributed by atoms with Gasteiger partial charge in [-0.1, -0.05) is 12.8 Å². The summed E-state index contributed by atoms with van der Waals surface area (Å²) in [5.74, 6) is 0.861. The third-order valence-electron chi connectivity index (χ3n) is 5.55. The lowest BCUT2D eigenvalue weighted by molar-refractivity contribution is -0.131. The van der Waals surface area contributed by atoms with E-state index in [4.69, 9.17) is 9.47 Å². The molecule has 1 aliphatic heterocycles. The first kappa shape index (κ1) is 20.0. The molecule has 0 aromatic heterocycles. The van der Waals surface area contributed by atoms with E-state index in [1.54, 1.807) is 26.4 Å². The molecule has 0 radical (unpaired) electrons. The molecule has 1 aromatic rings. The van der Waals surface area contributed by atoms with E-state index in [2.05, 4.69) is 10.6 Å². The van der Waals surface area contributed by atoms with E-state index in [0.29, 0.717) is 24.3 Å². The molecule has 0 bridgehead atoms. The van der Waals surface area contributed by atoms with Crippen LogP contribution in [0.4, 0.5) is 4.79 Å². The third kappa shape index (κ3) is 3.76. The predicted octanol–water partition coefficient (Wildman–Crippen LogP) is 2.14. The van der Waals surface area contributed by atoms with E-state index < -0.39 is 11.6 Å². The number of nitrogens with zero attached hydrogens (tertiary/aromatic N) is 1. The Hall–Kier alpha value is -2.77. The topological polar surface area (TPSA) is 97.0 Å². The highest BCUT2D eigenvalue weighted by Gasteiger charge is 2.52. The van der Waals surface area contributed by atoms with Crippen LogP contribution >= 0.6 is 0 Å². The monoisotopic (exact) mass is 389 g/mol. The van der Waals surface area contributed by atoms with Crippen molar-refractivity contribution in [3.05, 3.63) is 23.8 Å². The van der Waals surface area contributed by atoms with Gasteiger partial charge in [-0.15, -0.1) is 0 Å². The standard InChI is InChI=1S/C20H27N3O5/c1-13(15-12-14(27-2)6-7-16(15)28-3)21-17(24)8-11-23-18(25)20(22-19(23)26)9-4-5-10-20/h6-7,12-13H,4-5,8-11H2,1-3H3,(H,21,24)(H,22,26)/t13-/m1/s1. The number of urea groups is 1. The SMILES string of the molecule is COc1ccc(OC)c([C@@H](C)NC(=O)CCN2C(=O)NC3(CCCC3)C2=O)c1. The second kappa shape index (κ2) is 8.08. The number of ether oxygens (including phenoxy) is 2. The van der Waals surface area contributed by atoms with Crippen LogP contribution in [0.1, 0.15) is 50.6 Å². The van der Waals surface area contributed by atoms with Crippen molar-refractivity contribution in [3.8, 4) is 11.5 Å². The molecule has 1 heterocycles. The van der Waals surface area contributed by atoms with Crippen molar-refractivity contribution < 1.29 is 23.9 Å². The van der Waals surface area contributed by atoms with E-state index >= 15 is 0 Å². The van der Waals surface area contributed by atoms with Crippen LogP contribution in [0.5, 0.6) is 11.5 Å². The van der Waals surface area contributed by atoms with Crippen LogP contribution in [-0.2, 0) is 9.59 Å². The molecule has 1 saturated heterocycles. The summed E-state index contributed by atoms with van der Waals surface area (Å²) in [6, 6.07) is 4.66. The molecule has 0 unspecified atom stereocenters. The van der Waals surface area contributed by atoms with Gasteiger partial charge in [-0.2, -0.15) is 0 Å². The Morgan fingerprint density at radius 1 is 1.25 bits per heavy atom. The highest BCUT2D eigenvalue weighted by Crippen LogP contribution is 2.35. The number of carbonyl (C=O) groups excluding carboxylic acids is 3. The maximum atomic E-state index is 12.6. The third-order valence-corrected chi connectivity index (χ3v) is 5.55. The number of hydrogen-bond donors (Lipinski definition) is 2. The largest absolute Gasteiger partial charge is 0.497 e. The minimum Gasteiger partial charge on any atom is -0.497 e. The first-order valence-electron chi connectivity index (χ1n) is 9.55. The maximum absolute atomic E-state index is 12.6. The zero-order chi connectivity index (χ0) is 20.3. The van der Waals surface area contributed by atoms with Gasteiger partial charge in [0.15, 0.2) is 0 Å². The zero-order valence-electron chi connectivity index (χ0n) is 16.5. The molecule has 8 nitrogen and oxygen atoms in total. The smallest absolute Gasteiger partial charge is 0.325 e. The number of amides is 4. The van der Waals surface area contributed by atoms with Crippen LogP contribution in [0.2, 0.25) is 0 Å². The summed E-state index contributed by atoms with van der Waals surface area (Å²) < 4.78 is 10.6. The Labute approximate surface area is 164 Å². The van der Waals surface area contributed by atoms with E-state index in [1.807, 2.05) is 13.0 Å². The van der Waals surface area contributed by atoms with Crippen molar-refractivity contribution in [2.45, 2.75) is 50.6 Å². The van der Waals surface area contributed by atoms with Gasteiger partial charge in [0.25, 0.3) is 5.91 Å².